The molecule has 15 heteroatoms. The standard InChI is InChI=1S/C40H42F3N7O5/c1-52-29-9-5-25(6-10-29)20-48(21-26-7-11-30(53-2)12-8-26)38(51)33-17-28-23-47(15-16-50(28)46-33)37-34-35(31(42)18-32(43)36(34)54-3)44-39(45-37)55-24-40-13-4-14-49(40)22-27(41)19-40/h5-12,17-18,27H,4,13-16,19-24H2,1-3H3/t27-,40+/m1/s1. The molecule has 2 fully saturated rings. The van der Waals surface area contributed by atoms with Crippen molar-refractivity contribution < 1.29 is 36.9 Å². The number of alkyl halides is 1. The normalized spacial score (nSPS) is 19.3. The summed E-state index contributed by atoms with van der Waals surface area (Å²) < 4.78 is 69.2. The van der Waals surface area contributed by atoms with Gasteiger partial charge in [-0.15, -0.1) is 0 Å². The minimum atomic E-state index is -0.950. The van der Waals surface area contributed by atoms with Gasteiger partial charge in [0.1, 0.15) is 35.6 Å². The van der Waals surface area contributed by atoms with Crippen LogP contribution < -0.4 is 23.8 Å². The van der Waals surface area contributed by atoms with Gasteiger partial charge in [0.25, 0.3) is 5.91 Å². The number of carbonyl (C=O) groups is 1. The molecule has 12 nitrogen and oxygen atoms in total. The van der Waals surface area contributed by atoms with Gasteiger partial charge in [0, 0.05) is 38.7 Å². The van der Waals surface area contributed by atoms with Gasteiger partial charge in [0.15, 0.2) is 23.1 Å². The second kappa shape index (κ2) is 14.9. The summed E-state index contributed by atoms with van der Waals surface area (Å²) in [7, 11) is 4.51. The smallest absolute Gasteiger partial charge is 0.319 e. The number of methoxy groups -OCH3 is 3. The number of fused-ring (bicyclic) bond motifs is 3. The van der Waals surface area contributed by atoms with Crippen LogP contribution in [-0.4, -0.2) is 94.7 Å². The van der Waals surface area contributed by atoms with Crippen molar-refractivity contribution in [2.75, 3.05) is 52.5 Å². The minimum Gasteiger partial charge on any atom is -0.497 e. The minimum absolute atomic E-state index is 0.0621. The highest BCUT2D eigenvalue weighted by molar-refractivity contribution is 5.96. The Labute approximate surface area is 316 Å². The molecule has 288 valence electrons. The summed E-state index contributed by atoms with van der Waals surface area (Å²) in [6.45, 7) is 2.83. The summed E-state index contributed by atoms with van der Waals surface area (Å²) in [6.07, 6.45) is 1.09. The lowest BCUT2D eigenvalue weighted by molar-refractivity contribution is 0.0723. The van der Waals surface area contributed by atoms with Crippen LogP contribution in [0.15, 0.2) is 60.7 Å². The second-order valence-electron chi connectivity index (χ2n) is 14.3. The molecule has 0 spiro atoms. The number of amides is 1. The molecule has 5 aromatic rings. The van der Waals surface area contributed by atoms with E-state index in [4.69, 9.17) is 29.0 Å². The van der Waals surface area contributed by atoms with Gasteiger partial charge in [-0.3, -0.25) is 14.4 Å². The van der Waals surface area contributed by atoms with Crippen LogP contribution in [-0.2, 0) is 26.2 Å². The Morgan fingerprint density at radius 2 is 1.58 bits per heavy atom. The molecule has 0 unspecified atom stereocenters. The van der Waals surface area contributed by atoms with E-state index in [9.17, 15) is 9.18 Å². The van der Waals surface area contributed by atoms with Crippen molar-refractivity contribution in [1.29, 1.82) is 0 Å². The maximum atomic E-state index is 15.5. The molecule has 3 aliphatic heterocycles. The maximum absolute atomic E-state index is 15.5. The Hall–Kier alpha value is -5.57. The fraction of sp³-hybridized carbons (Fsp3) is 0.400. The highest BCUT2D eigenvalue weighted by Crippen LogP contribution is 2.42. The summed E-state index contributed by atoms with van der Waals surface area (Å²) in [5.41, 5.74) is 2.15. The van der Waals surface area contributed by atoms with E-state index in [2.05, 4.69) is 9.88 Å². The number of nitrogens with zero attached hydrogens (tertiary/aromatic N) is 7. The summed E-state index contributed by atoms with van der Waals surface area (Å²) in [5, 5.41) is 4.77. The fourth-order valence-corrected chi connectivity index (χ4v) is 8.13. The van der Waals surface area contributed by atoms with Crippen LogP contribution >= 0.6 is 0 Å². The predicted octanol–water partition coefficient (Wildman–Crippen LogP) is 5.95. The van der Waals surface area contributed by atoms with Crippen molar-refractivity contribution in [3.05, 3.63) is 94.8 Å². The van der Waals surface area contributed by atoms with Gasteiger partial charge in [-0.25, -0.2) is 13.2 Å². The fourth-order valence-electron chi connectivity index (χ4n) is 8.13. The monoisotopic (exact) mass is 757 g/mol. The van der Waals surface area contributed by atoms with E-state index >= 15 is 8.78 Å². The summed E-state index contributed by atoms with van der Waals surface area (Å²) >= 11 is 0. The van der Waals surface area contributed by atoms with Gasteiger partial charge in [-0.05, 0) is 60.8 Å². The van der Waals surface area contributed by atoms with Crippen molar-refractivity contribution in [2.24, 2.45) is 0 Å². The van der Waals surface area contributed by atoms with E-state index in [-0.39, 0.29) is 53.2 Å². The quantitative estimate of drug-likeness (QED) is 0.152. The van der Waals surface area contributed by atoms with Crippen LogP contribution in [0.25, 0.3) is 10.9 Å². The topological polar surface area (TPSA) is 107 Å². The number of rotatable bonds is 12. The molecule has 2 saturated heterocycles. The second-order valence-corrected chi connectivity index (χ2v) is 14.3. The third-order valence-corrected chi connectivity index (χ3v) is 10.9. The van der Waals surface area contributed by atoms with Gasteiger partial charge in [0.2, 0.25) is 0 Å². The van der Waals surface area contributed by atoms with E-state index in [0.29, 0.717) is 56.3 Å². The zero-order valence-corrected chi connectivity index (χ0v) is 30.9. The molecular weight excluding hydrogens is 715 g/mol. The van der Waals surface area contributed by atoms with Crippen LogP contribution in [0.5, 0.6) is 23.3 Å². The van der Waals surface area contributed by atoms with Gasteiger partial charge in [-0.1, -0.05) is 24.3 Å². The van der Waals surface area contributed by atoms with E-state index in [1.54, 1.807) is 29.9 Å². The Kier molecular flexibility index (Phi) is 9.88. The highest BCUT2D eigenvalue weighted by atomic mass is 19.1. The average molecular weight is 758 g/mol. The molecule has 3 aromatic carbocycles. The molecule has 5 heterocycles. The maximum Gasteiger partial charge on any atom is 0.319 e. The van der Waals surface area contributed by atoms with E-state index in [0.717, 1.165) is 36.6 Å². The van der Waals surface area contributed by atoms with Gasteiger partial charge in [-0.2, -0.15) is 15.1 Å². The van der Waals surface area contributed by atoms with Crippen molar-refractivity contribution in [3.63, 3.8) is 0 Å². The Morgan fingerprint density at radius 3 is 2.24 bits per heavy atom. The molecular formula is C40H42F3N7O5. The first-order valence-corrected chi connectivity index (χ1v) is 18.3. The lowest BCUT2D eigenvalue weighted by atomic mass is 9.95. The van der Waals surface area contributed by atoms with Gasteiger partial charge in [0.05, 0.1) is 51.0 Å². The van der Waals surface area contributed by atoms with E-state index in [1.165, 1.54) is 7.11 Å². The molecule has 0 radical (unpaired) electrons. The first-order valence-electron chi connectivity index (χ1n) is 18.3. The van der Waals surface area contributed by atoms with Crippen molar-refractivity contribution >= 4 is 22.6 Å². The Bertz CT molecular complexity index is 2150. The van der Waals surface area contributed by atoms with Crippen LogP contribution in [0.2, 0.25) is 0 Å². The molecule has 55 heavy (non-hydrogen) atoms. The molecule has 0 saturated carbocycles. The van der Waals surface area contributed by atoms with Crippen molar-refractivity contribution in [1.82, 2.24) is 29.5 Å². The number of ether oxygens (including phenoxy) is 4. The third-order valence-electron chi connectivity index (χ3n) is 10.9. The number of aromatic nitrogens is 4. The van der Waals surface area contributed by atoms with Crippen molar-refractivity contribution in [2.45, 2.75) is 57.2 Å². The molecule has 2 aromatic heterocycles. The number of anilines is 1. The number of carbonyl (C=O) groups excluding carboxylic acids is 1. The van der Waals surface area contributed by atoms with Crippen LogP contribution in [0.1, 0.15) is 46.6 Å². The molecule has 1 amide bonds. The summed E-state index contributed by atoms with van der Waals surface area (Å²) in [6, 6.07) is 17.5. The number of benzene rings is 3. The SMILES string of the molecule is COc1ccc(CN(Cc2ccc(OC)cc2)C(=O)c2cc3n(n2)CCN(c2nc(OC[C@@]45CCCN4C[C@H](F)C5)nc4c(F)cc(F)c(OC)c24)C3)cc1. The molecule has 8 rings (SSSR count). The lowest BCUT2D eigenvalue weighted by Crippen LogP contribution is -2.43. The van der Waals surface area contributed by atoms with E-state index < -0.39 is 23.3 Å². The van der Waals surface area contributed by atoms with Crippen molar-refractivity contribution in [3.8, 4) is 23.3 Å². The van der Waals surface area contributed by atoms with Crippen LogP contribution in [0.4, 0.5) is 19.0 Å². The van der Waals surface area contributed by atoms with Gasteiger partial charge >= 0.3 is 6.01 Å². The molecule has 0 aliphatic carbocycles. The number of halogens is 3. The zero-order chi connectivity index (χ0) is 38.3. The molecule has 2 atom stereocenters. The first kappa shape index (κ1) is 36.4. The van der Waals surface area contributed by atoms with Crippen LogP contribution in [0, 0.1) is 11.6 Å². The Balaban J connectivity index is 1.09. The highest BCUT2D eigenvalue weighted by Gasteiger charge is 2.49. The summed E-state index contributed by atoms with van der Waals surface area (Å²) in [4.78, 5) is 29.0. The zero-order valence-electron chi connectivity index (χ0n) is 30.9. The number of hydrogen-bond acceptors (Lipinski definition) is 10. The Morgan fingerprint density at radius 1 is 0.891 bits per heavy atom. The number of hydrogen-bond donors (Lipinski definition) is 0. The van der Waals surface area contributed by atoms with Crippen LogP contribution in [0.3, 0.4) is 0 Å². The van der Waals surface area contributed by atoms with Gasteiger partial charge < -0.3 is 28.7 Å². The van der Waals surface area contributed by atoms with E-state index in [1.807, 2.05) is 53.4 Å². The lowest BCUT2D eigenvalue weighted by Gasteiger charge is -2.32. The molecule has 0 N–H and O–H groups in total. The molecule has 0 bridgehead atoms. The predicted molar refractivity (Wildman–Crippen MR) is 197 cm³/mol. The first-order chi connectivity index (χ1) is 26.7. The third kappa shape index (κ3) is 7.08. The molecule has 3 aliphatic rings. The summed E-state index contributed by atoms with van der Waals surface area (Å²) in [5.74, 6) is -0.609. The average Bonchev–Trinajstić information content (AvgIpc) is 3.89. The largest absolute Gasteiger partial charge is 0.497 e.